The lowest BCUT2D eigenvalue weighted by atomic mass is 10.00. The Labute approximate surface area is 281 Å². The number of nitrogens with one attached hydrogen (secondary N) is 2. The number of halogens is 6. The molecule has 9 nitrogen and oxygen atoms in total. The van der Waals surface area contributed by atoms with E-state index in [0.717, 1.165) is 25.8 Å². The summed E-state index contributed by atoms with van der Waals surface area (Å²) in [6.07, 6.45) is -11.0. The molecule has 2 N–H and O–H groups in total. The van der Waals surface area contributed by atoms with Gasteiger partial charge in [0.1, 0.15) is 24.6 Å². The van der Waals surface area contributed by atoms with Crippen LogP contribution in [0.4, 0.5) is 31.1 Å². The van der Waals surface area contributed by atoms with E-state index < -0.39 is 79.1 Å². The van der Waals surface area contributed by atoms with Crippen LogP contribution >= 0.6 is 0 Å². The van der Waals surface area contributed by atoms with Gasteiger partial charge in [-0.2, -0.15) is 26.3 Å². The maximum atomic E-state index is 13.6. The second-order valence-corrected chi connectivity index (χ2v) is 22.6. The fourth-order valence-corrected chi connectivity index (χ4v) is 7.12. The van der Waals surface area contributed by atoms with Crippen molar-refractivity contribution in [1.82, 2.24) is 24.5 Å². The molecule has 0 bridgehead atoms. The van der Waals surface area contributed by atoms with Crippen LogP contribution in [0.3, 0.4) is 0 Å². The van der Waals surface area contributed by atoms with Crippen molar-refractivity contribution in [1.29, 1.82) is 0 Å². The van der Waals surface area contributed by atoms with Gasteiger partial charge in [0.25, 0.3) is 0 Å². The molecule has 0 unspecified atom stereocenters. The summed E-state index contributed by atoms with van der Waals surface area (Å²) in [5.74, 6) is 0.196. The molecule has 1 aromatic carbocycles. The minimum absolute atomic E-state index is 0.00855. The van der Waals surface area contributed by atoms with Crippen molar-refractivity contribution in [3.8, 4) is 0 Å². The Balaban J connectivity index is 1.78. The van der Waals surface area contributed by atoms with Crippen LogP contribution < -0.4 is 10.0 Å². The molecule has 272 valence electrons. The Kier molecular flexibility index (Phi) is 11.4. The molecule has 48 heavy (non-hydrogen) atoms. The molecule has 0 radical (unpaired) electrons. The lowest BCUT2D eigenvalue weighted by Gasteiger charge is -2.30. The maximum Gasteiger partial charge on any atom is 0.414 e. The maximum absolute atomic E-state index is 13.6. The standard InChI is InChI=1S/C31H47F6N5O4SSi/c1-18(46-19(2)30(32,33)34)25(40-47(44)29(3,4)5)27-38-22-15-21(11-12-23(22)42(27)17-45-13-14-48(6,7)8)26(20-9-10-20)41-16-24(31(35,36)37)39-28(41)43/h11-12,15,18-20,24-26,40H,9-10,13-14,16-17H2,1-8H3,(H,39,43)/t18-,19+,24+,25+,26-,47-/m1/s1. The van der Waals surface area contributed by atoms with Gasteiger partial charge in [-0.1, -0.05) is 25.7 Å². The van der Waals surface area contributed by atoms with E-state index in [1.807, 2.05) is 5.32 Å². The van der Waals surface area contributed by atoms with Crippen LogP contribution in [-0.4, -0.2) is 81.3 Å². The van der Waals surface area contributed by atoms with Crippen molar-refractivity contribution in [2.24, 2.45) is 5.92 Å². The number of rotatable bonds is 14. The van der Waals surface area contributed by atoms with Crippen LogP contribution in [0, 0.1) is 5.92 Å². The fraction of sp³-hybridized carbons (Fsp3) is 0.742. The molecule has 2 amide bonds. The van der Waals surface area contributed by atoms with Crippen molar-refractivity contribution < 1.29 is 44.8 Å². The first-order chi connectivity index (χ1) is 22.0. The number of hydrogen-bond acceptors (Lipinski definition) is 5. The smallest absolute Gasteiger partial charge is 0.364 e. The molecule has 1 saturated carbocycles. The summed E-state index contributed by atoms with van der Waals surface area (Å²) >= 11 is 0. The van der Waals surface area contributed by atoms with Gasteiger partial charge in [-0.15, -0.1) is 0 Å². The lowest BCUT2D eigenvalue weighted by molar-refractivity contribution is -0.227. The highest BCUT2D eigenvalue weighted by molar-refractivity contribution is 7.84. The predicted molar refractivity (Wildman–Crippen MR) is 174 cm³/mol. The number of carbonyl (C=O) groups excluding carboxylic acids is 1. The molecule has 1 saturated heterocycles. The van der Waals surface area contributed by atoms with Crippen LogP contribution in [0.1, 0.15) is 70.9 Å². The zero-order valence-electron chi connectivity index (χ0n) is 28.6. The number of fused-ring (bicyclic) bond motifs is 1. The molecule has 0 spiro atoms. The molecule has 1 aliphatic carbocycles. The monoisotopic (exact) mass is 727 g/mol. The number of imidazole rings is 1. The Bertz CT molecular complexity index is 1470. The topological polar surface area (TPSA) is 97.7 Å². The van der Waals surface area contributed by atoms with Crippen LogP contribution in [-0.2, 0) is 27.2 Å². The minimum atomic E-state index is -4.64. The van der Waals surface area contributed by atoms with E-state index in [9.17, 15) is 35.3 Å². The van der Waals surface area contributed by atoms with Gasteiger partial charge in [-0.05, 0) is 77.1 Å². The first kappa shape index (κ1) is 38.6. The van der Waals surface area contributed by atoms with Gasteiger partial charge in [-0.3, -0.25) is 0 Å². The summed E-state index contributed by atoms with van der Waals surface area (Å²) in [5.41, 5.74) is 1.55. The van der Waals surface area contributed by atoms with E-state index in [4.69, 9.17) is 14.5 Å². The SMILES string of the molecule is C[C@H](O[C@H](C)[C@H](N[S@](=O)C(C)(C)C)c1nc2cc([C@@H](C3CC3)N3C[C@@H](C(F)(F)F)NC3=O)ccc2n1COCC[Si](C)(C)C)C(F)(F)F. The summed E-state index contributed by atoms with van der Waals surface area (Å²) in [7, 11) is -3.21. The molecule has 4 rings (SSSR count). The molecule has 2 fully saturated rings. The Morgan fingerprint density at radius 1 is 1.10 bits per heavy atom. The van der Waals surface area contributed by atoms with Gasteiger partial charge in [0.05, 0.1) is 45.5 Å². The Hall–Kier alpha value is -2.21. The third kappa shape index (κ3) is 9.51. The number of hydrogen-bond donors (Lipinski definition) is 2. The van der Waals surface area contributed by atoms with E-state index >= 15 is 0 Å². The quantitative estimate of drug-likeness (QED) is 0.122. The molecule has 1 aromatic heterocycles. The van der Waals surface area contributed by atoms with Crippen molar-refractivity contribution in [2.75, 3.05) is 13.2 Å². The Morgan fingerprint density at radius 2 is 1.75 bits per heavy atom. The predicted octanol–water partition coefficient (Wildman–Crippen LogP) is 7.20. The summed E-state index contributed by atoms with van der Waals surface area (Å²) in [4.78, 5) is 18.8. The van der Waals surface area contributed by atoms with Crippen molar-refractivity contribution in [3.63, 3.8) is 0 Å². The van der Waals surface area contributed by atoms with Crippen molar-refractivity contribution in [2.45, 2.75) is 127 Å². The molecular formula is C31H47F6N5O4SSi. The molecular weight excluding hydrogens is 681 g/mol. The highest BCUT2D eigenvalue weighted by Crippen LogP contribution is 2.46. The highest BCUT2D eigenvalue weighted by Gasteiger charge is 2.51. The molecule has 2 heterocycles. The normalized spacial score (nSPS) is 21.3. The Morgan fingerprint density at radius 3 is 2.27 bits per heavy atom. The largest absolute Gasteiger partial charge is 0.414 e. The van der Waals surface area contributed by atoms with Crippen LogP contribution in [0.15, 0.2) is 18.2 Å². The molecule has 17 heteroatoms. The van der Waals surface area contributed by atoms with Gasteiger partial charge < -0.3 is 24.3 Å². The van der Waals surface area contributed by atoms with E-state index in [1.165, 1.54) is 11.8 Å². The van der Waals surface area contributed by atoms with Gasteiger partial charge in [-0.25, -0.2) is 18.7 Å². The first-order valence-corrected chi connectivity index (χ1v) is 20.9. The first-order valence-electron chi connectivity index (χ1n) is 16.1. The van der Waals surface area contributed by atoms with Gasteiger partial charge in [0.15, 0.2) is 6.10 Å². The van der Waals surface area contributed by atoms with E-state index in [2.05, 4.69) is 24.4 Å². The highest BCUT2D eigenvalue weighted by atomic mass is 32.2. The summed E-state index contributed by atoms with van der Waals surface area (Å²) in [5, 5.41) is 2.05. The van der Waals surface area contributed by atoms with E-state index in [0.29, 0.717) is 23.2 Å². The number of carbonyl (C=O) groups is 1. The number of alkyl halides is 6. The number of urea groups is 1. The third-order valence-corrected chi connectivity index (χ3v) is 11.8. The molecule has 2 aliphatic rings. The van der Waals surface area contributed by atoms with E-state index in [-0.39, 0.29) is 18.5 Å². The summed E-state index contributed by atoms with van der Waals surface area (Å²) < 4.78 is 110. The van der Waals surface area contributed by atoms with Gasteiger partial charge in [0.2, 0.25) is 0 Å². The van der Waals surface area contributed by atoms with Gasteiger partial charge >= 0.3 is 18.4 Å². The van der Waals surface area contributed by atoms with E-state index in [1.54, 1.807) is 43.5 Å². The van der Waals surface area contributed by atoms with Crippen molar-refractivity contribution in [3.05, 3.63) is 29.6 Å². The lowest BCUT2D eigenvalue weighted by Crippen LogP contribution is -2.43. The minimum Gasteiger partial charge on any atom is -0.364 e. The third-order valence-electron chi connectivity index (χ3n) is 8.51. The number of ether oxygens (including phenoxy) is 2. The average Bonchev–Trinajstić information content (AvgIpc) is 3.60. The second kappa shape index (κ2) is 14.2. The number of amides is 2. The number of aromatic nitrogens is 2. The number of nitrogens with zero attached hydrogens (tertiary/aromatic N) is 3. The molecule has 2 aromatic rings. The fourth-order valence-electron chi connectivity index (χ4n) is 5.49. The van der Waals surface area contributed by atoms with Gasteiger partial charge in [0, 0.05) is 14.7 Å². The van der Waals surface area contributed by atoms with Crippen LogP contribution in [0.25, 0.3) is 11.0 Å². The zero-order valence-corrected chi connectivity index (χ0v) is 30.4. The average molecular weight is 728 g/mol. The zero-order chi connectivity index (χ0) is 36.0. The number of benzene rings is 1. The van der Waals surface area contributed by atoms with Crippen molar-refractivity contribution >= 4 is 36.1 Å². The van der Waals surface area contributed by atoms with Crippen LogP contribution in [0.2, 0.25) is 25.7 Å². The van der Waals surface area contributed by atoms with Crippen LogP contribution in [0.5, 0.6) is 0 Å². The second-order valence-electron chi connectivity index (χ2n) is 15.0. The molecule has 1 aliphatic heterocycles. The summed E-state index contributed by atoms with van der Waals surface area (Å²) in [6, 6.07) is 1.55. The summed E-state index contributed by atoms with van der Waals surface area (Å²) in [6.45, 7) is 14.0. The molecule has 6 atom stereocenters.